The highest BCUT2D eigenvalue weighted by Gasteiger charge is 2.41. The van der Waals surface area contributed by atoms with Crippen molar-refractivity contribution < 1.29 is 24.3 Å². The molecule has 0 unspecified atom stereocenters. The van der Waals surface area contributed by atoms with Gasteiger partial charge in [0.25, 0.3) is 11.8 Å². The number of barbiturate groups is 1. The van der Waals surface area contributed by atoms with Crippen LogP contribution in [-0.4, -0.2) is 45.4 Å². The predicted octanol–water partition coefficient (Wildman–Crippen LogP) is 4.11. The van der Waals surface area contributed by atoms with E-state index in [4.69, 9.17) is 0 Å². The molecule has 1 N–H and O–H groups in total. The summed E-state index contributed by atoms with van der Waals surface area (Å²) in [6, 6.07) is 14.6. The molecule has 0 aliphatic carbocycles. The van der Waals surface area contributed by atoms with Gasteiger partial charge in [-0.3, -0.25) is 14.5 Å². The summed E-state index contributed by atoms with van der Waals surface area (Å²) in [6.07, 6.45) is 1.48. The first-order valence-electron chi connectivity index (χ1n) is 10.6. The van der Waals surface area contributed by atoms with Gasteiger partial charge in [0.2, 0.25) is 0 Å². The highest BCUT2D eigenvalue weighted by Crippen LogP contribution is 2.29. The van der Waals surface area contributed by atoms with Crippen LogP contribution in [0.1, 0.15) is 32.9 Å². The SMILES string of the molecule is Cc1c(C(=O)O)cccc1-n1c(C)cc(/C=C2\C(=O)N(C)C(=O)N(c3ccccc3)C2=O)c1C. The van der Waals surface area contributed by atoms with E-state index in [1.807, 2.05) is 30.5 Å². The molecule has 0 saturated carbocycles. The second-order valence-electron chi connectivity index (χ2n) is 8.10. The fourth-order valence-corrected chi connectivity index (χ4v) is 4.20. The third-order valence-corrected chi connectivity index (χ3v) is 6.01. The van der Waals surface area contributed by atoms with Crippen LogP contribution in [0.5, 0.6) is 0 Å². The van der Waals surface area contributed by atoms with Gasteiger partial charge in [0, 0.05) is 24.1 Å². The maximum absolute atomic E-state index is 13.3. The van der Waals surface area contributed by atoms with Crippen LogP contribution in [0, 0.1) is 20.8 Å². The number of urea groups is 1. The average molecular weight is 457 g/mol. The van der Waals surface area contributed by atoms with Crippen LogP contribution >= 0.6 is 0 Å². The third kappa shape index (κ3) is 3.59. The number of rotatable bonds is 4. The quantitative estimate of drug-likeness (QED) is 0.470. The number of aromatic carboxylic acids is 1. The summed E-state index contributed by atoms with van der Waals surface area (Å²) in [4.78, 5) is 52.3. The number of hydrogen-bond acceptors (Lipinski definition) is 4. The van der Waals surface area contributed by atoms with Gasteiger partial charge in [-0.25, -0.2) is 14.5 Å². The van der Waals surface area contributed by atoms with E-state index in [9.17, 15) is 24.3 Å². The minimum atomic E-state index is -1.02. The first-order chi connectivity index (χ1) is 16.1. The molecule has 4 rings (SSSR count). The molecular weight excluding hydrogens is 434 g/mol. The molecule has 1 aliphatic rings. The summed E-state index contributed by atoms with van der Waals surface area (Å²) >= 11 is 0. The minimum absolute atomic E-state index is 0.137. The van der Waals surface area contributed by atoms with Gasteiger partial charge in [-0.1, -0.05) is 24.3 Å². The molecule has 4 amide bonds. The predicted molar refractivity (Wildman–Crippen MR) is 127 cm³/mol. The molecule has 172 valence electrons. The second-order valence-corrected chi connectivity index (χ2v) is 8.10. The summed E-state index contributed by atoms with van der Waals surface area (Å²) in [5.41, 5.74) is 3.86. The molecule has 0 radical (unpaired) electrons. The summed E-state index contributed by atoms with van der Waals surface area (Å²) in [7, 11) is 1.34. The second kappa shape index (κ2) is 8.47. The number of carboxylic acids is 1. The maximum Gasteiger partial charge on any atom is 0.338 e. The Morgan fingerprint density at radius 2 is 1.59 bits per heavy atom. The molecule has 3 aromatic rings. The van der Waals surface area contributed by atoms with Gasteiger partial charge in [-0.15, -0.1) is 0 Å². The first-order valence-corrected chi connectivity index (χ1v) is 10.6. The molecule has 1 fully saturated rings. The first kappa shape index (κ1) is 22.7. The smallest absolute Gasteiger partial charge is 0.338 e. The molecule has 8 heteroatoms. The van der Waals surface area contributed by atoms with E-state index < -0.39 is 23.8 Å². The number of carbonyl (C=O) groups is 4. The number of hydrogen-bond donors (Lipinski definition) is 1. The molecule has 0 spiro atoms. The van der Waals surface area contributed by atoms with E-state index in [0.717, 1.165) is 21.2 Å². The number of amides is 4. The van der Waals surface area contributed by atoms with E-state index in [2.05, 4.69) is 0 Å². The van der Waals surface area contributed by atoms with Crippen LogP contribution < -0.4 is 4.90 Å². The Hall–Kier alpha value is -4.46. The van der Waals surface area contributed by atoms with Gasteiger partial charge in [-0.2, -0.15) is 0 Å². The number of aromatic nitrogens is 1. The van der Waals surface area contributed by atoms with E-state index >= 15 is 0 Å². The zero-order valence-corrected chi connectivity index (χ0v) is 19.2. The van der Waals surface area contributed by atoms with Crippen LogP contribution in [0.2, 0.25) is 0 Å². The molecule has 1 aromatic heterocycles. The molecule has 2 aromatic carbocycles. The van der Waals surface area contributed by atoms with Crippen molar-refractivity contribution in [3.8, 4) is 5.69 Å². The van der Waals surface area contributed by atoms with Crippen LogP contribution in [-0.2, 0) is 9.59 Å². The van der Waals surface area contributed by atoms with Crippen LogP contribution in [0.25, 0.3) is 11.8 Å². The highest BCUT2D eigenvalue weighted by molar-refractivity contribution is 6.39. The van der Waals surface area contributed by atoms with Crippen molar-refractivity contribution in [1.82, 2.24) is 9.47 Å². The average Bonchev–Trinajstić information content (AvgIpc) is 3.09. The molecule has 34 heavy (non-hydrogen) atoms. The zero-order valence-electron chi connectivity index (χ0n) is 19.2. The molecule has 2 heterocycles. The topological polar surface area (TPSA) is 99.9 Å². The number of benzene rings is 2. The Balaban J connectivity index is 1.83. The van der Waals surface area contributed by atoms with E-state index in [1.54, 1.807) is 49.4 Å². The normalized spacial score (nSPS) is 15.4. The number of aryl methyl sites for hydroxylation is 1. The lowest BCUT2D eigenvalue weighted by Crippen LogP contribution is -2.55. The van der Waals surface area contributed by atoms with Crippen molar-refractivity contribution in [2.24, 2.45) is 0 Å². The van der Waals surface area contributed by atoms with Crippen molar-refractivity contribution in [2.75, 3.05) is 11.9 Å². The fraction of sp³-hybridized carbons (Fsp3) is 0.154. The van der Waals surface area contributed by atoms with Crippen molar-refractivity contribution in [2.45, 2.75) is 20.8 Å². The van der Waals surface area contributed by atoms with E-state index in [-0.39, 0.29) is 11.1 Å². The van der Waals surface area contributed by atoms with Gasteiger partial charge in [0.15, 0.2) is 0 Å². The lowest BCUT2D eigenvalue weighted by Gasteiger charge is -2.31. The number of anilines is 1. The number of carboxylic acid groups (broad SMARTS) is 1. The molecule has 8 nitrogen and oxygen atoms in total. The molecular formula is C26H23N3O5. The number of carbonyl (C=O) groups excluding carboxylic acids is 3. The van der Waals surface area contributed by atoms with Gasteiger partial charge in [0.05, 0.1) is 11.3 Å². The standard InChI is InChI=1S/C26H23N3O5/c1-15-13-18(17(3)28(15)22-12-8-11-20(16(22)2)25(32)33)14-21-23(30)27(4)26(34)29(24(21)31)19-9-6-5-7-10-19/h5-14H,1-4H3,(H,32,33)/b21-14+. The highest BCUT2D eigenvalue weighted by atomic mass is 16.4. The van der Waals surface area contributed by atoms with E-state index in [1.165, 1.54) is 13.1 Å². The third-order valence-electron chi connectivity index (χ3n) is 6.01. The Bertz CT molecular complexity index is 1380. The van der Waals surface area contributed by atoms with E-state index in [0.29, 0.717) is 22.5 Å². The Morgan fingerprint density at radius 1 is 0.912 bits per heavy atom. The largest absolute Gasteiger partial charge is 0.478 e. The zero-order chi connectivity index (χ0) is 24.7. The van der Waals surface area contributed by atoms with Crippen molar-refractivity contribution in [1.29, 1.82) is 0 Å². The lowest BCUT2D eigenvalue weighted by atomic mass is 10.1. The number of nitrogens with zero attached hydrogens (tertiary/aromatic N) is 3. The maximum atomic E-state index is 13.3. The monoisotopic (exact) mass is 457 g/mol. The Labute approximate surface area is 196 Å². The number of imide groups is 2. The molecule has 1 aliphatic heterocycles. The summed E-state index contributed by atoms with van der Waals surface area (Å²) < 4.78 is 1.88. The Morgan fingerprint density at radius 3 is 2.24 bits per heavy atom. The van der Waals surface area contributed by atoms with Crippen LogP contribution in [0.15, 0.2) is 60.2 Å². The number of likely N-dealkylation sites (N-methyl/N-ethyl adjacent to an activating group) is 1. The van der Waals surface area contributed by atoms with Crippen molar-refractivity contribution >= 4 is 35.6 Å². The molecule has 1 saturated heterocycles. The van der Waals surface area contributed by atoms with Gasteiger partial charge >= 0.3 is 12.0 Å². The van der Waals surface area contributed by atoms with Crippen LogP contribution in [0.3, 0.4) is 0 Å². The fourth-order valence-electron chi connectivity index (χ4n) is 4.20. The van der Waals surface area contributed by atoms with Crippen molar-refractivity contribution in [3.05, 3.63) is 88.2 Å². The Kier molecular flexibility index (Phi) is 5.66. The van der Waals surface area contributed by atoms with Gasteiger partial charge < -0.3 is 9.67 Å². The summed E-state index contributed by atoms with van der Waals surface area (Å²) in [5.74, 6) is -2.40. The molecule has 0 atom stereocenters. The summed E-state index contributed by atoms with van der Waals surface area (Å²) in [6.45, 7) is 5.43. The minimum Gasteiger partial charge on any atom is -0.478 e. The van der Waals surface area contributed by atoms with Crippen molar-refractivity contribution in [3.63, 3.8) is 0 Å². The summed E-state index contributed by atoms with van der Waals surface area (Å²) in [5, 5.41) is 9.49. The number of para-hydroxylation sites is 1. The van der Waals surface area contributed by atoms with Gasteiger partial charge in [-0.05, 0) is 68.3 Å². The molecule has 0 bridgehead atoms. The lowest BCUT2D eigenvalue weighted by molar-refractivity contribution is -0.128. The van der Waals surface area contributed by atoms with Crippen LogP contribution in [0.4, 0.5) is 10.5 Å². The van der Waals surface area contributed by atoms with Gasteiger partial charge in [0.1, 0.15) is 5.57 Å².